The third kappa shape index (κ3) is 6.94. The maximum absolute atomic E-state index is 13.0. The Bertz CT molecular complexity index is 966. The number of likely N-dealkylation sites (N-methyl/N-ethyl adjacent to an activating group) is 1. The Labute approximate surface area is 188 Å². The highest BCUT2D eigenvalue weighted by Gasteiger charge is 2.19. The molecule has 0 heterocycles. The molecule has 1 N–H and O–H groups in total. The second kappa shape index (κ2) is 12.2. The Kier molecular flexibility index (Phi) is 9.41. The highest BCUT2D eigenvalue weighted by molar-refractivity contribution is 6.05. The number of hydrogen-bond donors (Lipinski definition) is 1. The van der Waals surface area contributed by atoms with Gasteiger partial charge in [0.05, 0.1) is 11.5 Å². The predicted octanol–water partition coefficient (Wildman–Crippen LogP) is 4.41. The van der Waals surface area contributed by atoms with Crippen molar-refractivity contribution in [2.45, 2.75) is 33.6 Å². The molecule has 0 bridgehead atoms. The van der Waals surface area contributed by atoms with Crippen LogP contribution in [0.4, 0.5) is 5.69 Å². The number of nitro benzene ring substituents is 1. The van der Waals surface area contributed by atoms with E-state index in [2.05, 4.69) is 12.2 Å². The summed E-state index contributed by atoms with van der Waals surface area (Å²) in [6.45, 7) is 7.28. The Hall–Kier alpha value is -3.68. The second-order valence-electron chi connectivity index (χ2n) is 7.07. The lowest BCUT2D eigenvalue weighted by molar-refractivity contribution is -0.384. The molecule has 32 heavy (non-hydrogen) atoms. The molecule has 2 aromatic rings. The van der Waals surface area contributed by atoms with Gasteiger partial charge in [-0.05, 0) is 56.2 Å². The number of ether oxygens (including phenoxy) is 1. The third-order valence-corrected chi connectivity index (χ3v) is 4.80. The standard InChI is InChI=1S/C24H29N3O5/c1-4-7-15-32-21-13-11-19(12-14-21)23(28)25-22(24(29)26(5-2)6-3)17-18-9-8-10-20(16-18)27(30)31/h8-14,16-17H,4-7,15H2,1-3H3,(H,25,28)/b22-17+. The summed E-state index contributed by atoms with van der Waals surface area (Å²) in [5.74, 6) is -0.154. The topological polar surface area (TPSA) is 102 Å². The molecule has 170 valence electrons. The predicted molar refractivity (Wildman–Crippen MR) is 123 cm³/mol. The molecule has 8 heteroatoms. The maximum atomic E-state index is 13.0. The molecule has 0 aliphatic rings. The van der Waals surface area contributed by atoms with Crippen LogP contribution < -0.4 is 10.1 Å². The molecule has 0 aliphatic carbocycles. The van der Waals surface area contributed by atoms with Crippen LogP contribution in [0.15, 0.2) is 54.2 Å². The van der Waals surface area contributed by atoms with Gasteiger partial charge >= 0.3 is 0 Å². The van der Waals surface area contributed by atoms with E-state index in [0.29, 0.717) is 36.6 Å². The van der Waals surface area contributed by atoms with Crippen molar-refractivity contribution in [3.05, 3.63) is 75.5 Å². The fourth-order valence-electron chi connectivity index (χ4n) is 2.96. The minimum atomic E-state index is -0.508. The smallest absolute Gasteiger partial charge is 0.270 e. The number of nitrogens with zero attached hydrogens (tertiary/aromatic N) is 2. The van der Waals surface area contributed by atoms with Crippen LogP contribution in [0.2, 0.25) is 0 Å². The number of hydrogen-bond acceptors (Lipinski definition) is 5. The van der Waals surface area contributed by atoms with Gasteiger partial charge in [0.25, 0.3) is 17.5 Å². The number of carbonyl (C=O) groups is 2. The second-order valence-corrected chi connectivity index (χ2v) is 7.07. The molecule has 0 atom stereocenters. The lowest BCUT2D eigenvalue weighted by Gasteiger charge is -2.21. The van der Waals surface area contributed by atoms with E-state index in [-0.39, 0.29) is 17.3 Å². The Morgan fingerprint density at radius 2 is 1.78 bits per heavy atom. The van der Waals surface area contributed by atoms with Crippen molar-refractivity contribution in [1.29, 1.82) is 0 Å². The molecule has 2 amide bonds. The first-order valence-corrected chi connectivity index (χ1v) is 10.7. The fraction of sp³-hybridized carbons (Fsp3) is 0.333. The largest absolute Gasteiger partial charge is 0.494 e. The average Bonchev–Trinajstić information content (AvgIpc) is 2.80. The van der Waals surface area contributed by atoms with E-state index < -0.39 is 10.8 Å². The number of rotatable bonds is 11. The van der Waals surface area contributed by atoms with E-state index in [1.165, 1.54) is 24.3 Å². The van der Waals surface area contributed by atoms with Crippen LogP contribution in [0, 0.1) is 10.1 Å². The van der Waals surface area contributed by atoms with E-state index in [1.807, 2.05) is 13.8 Å². The van der Waals surface area contributed by atoms with Crippen molar-refractivity contribution < 1.29 is 19.2 Å². The number of unbranched alkanes of at least 4 members (excludes halogenated alkanes) is 1. The van der Waals surface area contributed by atoms with Crippen molar-refractivity contribution in [3.8, 4) is 5.75 Å². The van der Waals surface area contributed by atoms with Crippen LogP contribution in [0.1, 0.15) is 49.5 Å². The van der Waals surface area contributed by atoms with Crippen LogP contribution in [0.5, 0.6) is 5.75 Å². The summed E-state index contributed by atoms with van der Waals surface area (Å²) < 4.78 is 5.61. The Morgan fingerprint density at radius 1 is 1.09 bits per heavy atom. The number of nitro groups is 1. The van der Waals surface area contributed by atoms with Gasteiger partial charge in [-0.3, -0.25) is 19.7 Å². The molecular weight excluding hydrogens is 410 g/mol. The van der Waals surface area contributed by atoms with Gasteiger partial charge in [0, 0.05) is 30.8 Å². The molecule has 0 radical (unpaired) electrons. The van der Waals surface area contributed by atoms with Crippen molar-refractivity contribution in [2.24, 2.45) is 0 Å². The summed E-state index contributed by atoms with van der Waals surface area (Å²) in [6.07, 6.45) is 3.43. The van der Waals surface area contributed by atoms with E-state index in [0.717, 1.165) is 12.8 Å². The van der Waals surface area contributed by atoms with Gasteiger partial charge < -0.3 is 15.0 Å². The lowest BCUT2D eigenvalue weighted by atomic mass is 10.1. The molecule has 2 aromatic carbocycles. The number of nitrogens with one attached hydrogen (secondary N) is 1. The highest BCUT2D eigenvalue weighted by Crippen LogP contribution is 2.17. The van der Waals surface area contributed by atoms with Gasteiger partial charge in [-0.2, -0.15) is 0 Å². The van der Waals surface area contributed by atoms with Gasteiger partial charge in [-0.1, -0.05) is 25.5 Å². The summed E-state index contributed by atoms with van der Waals surface area (Å²) in [4.78, 5) is 37.9. The van der Waals surface area contributed by atoms with Crippen molar-refractivity contribution in [3.63, 3.8) is 0 Å². The first-order chi connectivity index (χ1) is 15.4. The molecule has 2 rings (SSSR count). The Morgan fingerprint density at radius 3 is 2.38 bits per heavy atom. The molecule has 0 aliphatic heterocycles. The van der Waals surface area contributed by atoms with E-state index in [4.69, 9.17) is 4.74 Å². The number of benzene rings is 2. The monoisotopic (exact) mass is 439 g/mol. The molecule has 8 nitrogen and oxygen atoms in total. The molecule has 0 fully saturated rings. The minimum absolute atomic E-state index is 0.0440. The number of amides is 2. The molecule has 0 saturated carbocycles. The van der Waals surface area contributed by atoms with Gasteiger partial charge in [-0.15, -0.1) is 0 Å². The zero-order valence-electron chi connectivity index (χ0n) is 18.7. The number of carbonyl (C=O) groups excluding carboxylic acids is 2. The first kappa shape index (κ1) is 24.6. The van der Waals surface area contributed by atoms with Gasteiger partial charge in [0.1, 0.15) is 11.4 Å². The van der Waals surface area contributed by atoms with Gasteiger partial charge in [0.15, 0.2) is 0 Å². The lowest BCUT2D eigenvalue weighted by Crippen LogP contribution is -2.38. The van der Waals surface area contributed by atoms with Crippen LogP contribution in [0.3, 0.4) is 0 Å². The zero-order chi connectivity index (χ0) is 23.5. The third-order valence-electron chi connectivity index (χ3n) is 4.80. The molecule has 0 aromatic heterocycles. The minimum Gasteiger partial charge on any atom is -0.494 e. The van der Waals surface area contributed by atoms with E-state index >= 15 is 0 Å². The SMILES string of the molecule is CCCCOc1ccc(C(=O)N/C(=C/c2cccc([N+](=O)[O-])c2)C(=O)N(CC)CC)cc1. The molecule has 0 saturated heterocycles. The zero-order valence-corrected chi connectivity index (χ0v) is 18.7. The summed E-state index contributed by atoms with van der Waals surface area (Å²) in [7, 11) is 0. The number of non-ortho nitro benzene ring substituents is 1. The Balaban J connectivity index is 2.28. The van der Waals surface area contributed by atoms with Crippen molar-refractivity contribution in [1.82, 2.24) is 10.2 Å². The van der Waals surface area contributed by atoms with Crippen LogP contribution in [-0.2, 0) is 4.79 Å². The normalized spacial score (nSPS) is 11.0. The van der Waals surface area contributed by atoms with Gasteiger partial charge in [-0.25, -0.2) is 0 Å². The highest BCUT2D eigenvalue weighted by atomic mass is 16.6. The summed E-state index contributed by atoms with van der Waals surface area (Å²) in [6, 6.07) is 12.6. The van der Waals surface area contributed by atoms with Crippen molar-refractivity contribution >= 4 is 23.6 Å². The van der Waals surface area contributed by atoms with Crippen molar-refractivity contribution in [2.75, 3.05) is 19.7 Å². The first-order valence-electron chi connectivity index (χ1n) is 10.7. The average molecular weight is 440 g/mol. The van der Waals surface area contributed by atoms with E-state index in [9.17, 15) is 19.7 Å². The maximum Gasteiger partial charge on any atom is 0.270 e. The quantitative estimate of drug-likeness (QED) is 0.242. The fourth-order valence-corrected chi connectivity index (χ4v) is 2.96. The molecular formula is C24H29N3O5. The molecule has 0 unspecified atom stereocenters. The van der Waals surface area contributed by atoms with Crippen LogP contribution in [0.25, 0.3) is 6.08 Å². The van der Waals surface area contributed by atoms with Crippen LogP contribution in [-0.4, -0.2) is 41.3 Å². The summed E-state index contributed by atoms with van der Waals surface area (Å²) in [5, 5.41) is 13.7. The van der Waals surface area contributed by atoms with Crippen LogP contribution >= 0.6 is 0 Å². The van der Waals surface area contributed by atoms with E-state index in [1.54, 1.807) is 35.2 Å². The summed E-state index contributed by atoms with van der Waals surface area (Å²) in [5.41, 5.74) is 0.751. The van der Waals surface area contributed by atoms with Gasteiger partial charge in [0.2, 0.25) is 0 Å². The molecule has 0 spiro atoms. The summed E-state index contributed by atoms with van der Waals surface area (Å²) >= 11 is 0.